The number of allylic oxidation sites excluding steroid dienone is 1. The molecule has 0 aromatic carbocycles. The number of carbonyl (C=O) groups excluding carboxylic acids is 1. The Hall–Kier alpha value is -0.960. The summed E-state index contributed by atoms with van der Waals surface area (Å²) in [5, 5.41) is 2.36. The maximum Gasteiger partial charge on any atom is 0.213 e. The van der Waals surface area contributed by atoms with Gasteiger partial charge in [0.15, 0.2) is 5.01 Å². The van der Waals surface area contributed by atoms with Gasteiger partial charge in [0.25, 0.3) is 0 Å². The summed E-state index contributed by atoms with van der Waals surface area (Å²) < 4.78 is 0. The molecule has 10 heavy (non-hydrogen) atoms. The van der Waals surface area contributed by atoms with Gasteiger partial charge in [0.05, 0.1) is 0 Å². The van der Waals surface area contributed by atoms with E-state index >= 15 is 0 Å². The maximum atomic E-state index is 10.9. The van der Waals surface area contributed by atoms with Crippen molar-refractivity contribution in [3.05, 3.63) is 28.7 Å². The van der Waals surface area contributed by atoms with Crippen molar-refractivity contribution in [3.63, 3.8) is 0 Å². The van der Waals surface area contributed by atoms with Gasteiger partial charge in [-0.25, -0.2) is 4.98 Å². The Morgan fingerprint density at radius 3 is 3.00 bits per heavy atom. The van der Waals surface area contributed by atoms with Crippen LogP contribution in [0.4, 0.5) is 0 Å². The van der Waals surface area contributed by atoms with Gasteiger partial charge in [-0.3, -0.25) is 4.79 Å². The molecule has 1 rings (SSSR count). The Kier molecular flexibility index (Phi) is 1.97. The van der Waals surface area contributed by atoms with Gasteiger partial charge in [0, 0.05) is 11.1 Å². The number of nitrogens with zero attached hydrogens (tertiary/aromatic N) is 1. The average Bonchev–Trinajstić information content (AvgIpc) is 2.34. The Balaban J connectivity index is 2.95. The molecule has 52 valence electrons. The van der Waals surface area contributed by atoms with E-state index in [1.807, 2.05) is 12.3 Å². The van der Waals surface area contributed by atoms with E-state index in [1.165, 1.54) is 17.4 Å². The molecule has 0 aliphatic rings. The highest BCUT2D eigenvalue weighted by molar-refractivity contribution is 7.11. The fourth-order valence-corrected chi connectivity index (χ4v) is 1.29. The van der Waals surface area contributed by atoms with Gasteiger partial charge < -0.3 is 0 Å². The van der Waals surface area contributed by atoms with E-state index in [0.29, 0.717) is 5.01 Å². The lowest BCUT2D eigenvalue weighted by Crippen LogP contribution is -1.91. The monoisotopic (exact) mass is 153 g/mol. The van der Waals surface area contributed by atoms with Crippen LogP contribution in [0, 0.1) is 6.92 Å². The van der Waals surface area contributed by atoms with Crippen LogP contribution < -0.4 is 0 Å². The molecule has 0 radical (unpaired) electrons. The van der Waals surface area contributed by atoms with E-state index in [0.717, 1.165) is 5.69 Å². The fourth-order valence-electron chi connectivity index (χ4n) is 0.554. The van der Waals surface area contributed by atoms with Crippen molar-refractivity contribution in [2.75, 3.05) is 0 Å². The second-order valence-corrected chi connectivity index (χ2v) is 2.72. The summed E-state index contributed by atoms with van der Waals surface area (Å²) in [5.74, 6) is -0.0990. The van der Waals surface area contributed by atoms with Gasteiger partial charge in [0.2, 0.25) is 5.78 Å². The Morgan fingerprint density at radius 1 is 1.90 bits per heavy atom. The number of aromatic nitrogens is 1. The van der Waals surface area contributed by atoms with Gasteiger partial charge in [-0.2, -0.15) is 0 Å². The lowest BCUT2D eigenvalue weighted by molar-refractivity contribution is 0.104. The van der Waals surface area contributed by atoms with E-state index < -0.39 is 0 Å². The van der Waals surface area contributed by atoms with E-state index in [2.05, 4.69) is 11.6 Å². The fraction of sp³-hybridized carbons (Fsp3) is 0.143. The molecule has 0 aliphatic carbocycles. The largest absolute Gasteiger partial charge is 0.287 e. The van der Waals surface area contributed by atoms with E-state index in [9.17, 15) is 4.79 Å². The van der Waals surface area contributed by atoms with Crippen molar-refractivity contribution >= 4 is 17.1 Å². The molecule has 1 heterocycles. The highest BCUT2D eigenvalue weighted by atomic mass is 32.1. The lowest BCUT2D eigenvalue weighted by atomic mass is 10.4. The summed E-state index contributed by atoms with van der Waals surface area (Å²) in [7, 11) is 0. The molecule has 3 heteroatoms. The van der Waals surface area contributed by atoms with Crippen molar-refractivity contribution < 1.29 is 4.79 Å². The number of ketones is 1. The van der Waals surface area contributed by atoms with Crippen LogP contribution in [0.5, 0.6) is 0 Å². The van der Waals surface area contributed by atoms with Crippen molar-refractivity contribution in [1.82, 2.24) is 4.98 Å². The zero-order valence-electron chi connectivity index (χ0n) is 5.63. The van der Waals surface area contributed by atoms with E-state index in [1.54, 1.807) is 0 Å². The summed E-state index contributed by atoms with van der Waals surface area (Å²) in [4.78, 5) is 14.8. The van der Waals surface area contributed by atoms with Gasteiger partial charge in [-0.15, -0.1) is 11.3 Å². The summed E-state index contributed by atoms with van der Waals surface area (Å²) in [6.45, 7) is 5.22. The first kappa shape index (κ1) is 7.15. The van der Waals surface area contributed by atoms with E-state index in [4.69, 9.17) is 0 Å². The second kappa shape index (κ2) is 2.75. The minimum absolute atomic E-state index is 0.0990. The van der Waals surface area contributed by atoms with Crippen LogP contribution in [0.3, 0.4) is 0 Å². The molecular weight excluding hydrogens is 146 g/mol. The van der Waals surface area contributed by atoms with Crippen molar-refractivity contribution in [2.45, 2.75) is 6.92 Å². The number of hydrogen-bond donors (Lipinski definition) is 0. The lowest BCUT2D eigenvalue weighted by Gasteiger charge is -1.81. The van der Waals surface area contributed by atoms with Gasteiger partial charge in [0.1, 0.15) is 0 Å². The first-order chi connectivity index (χ1) is 4.74. The summed E-state index contributed by atoms with van der Waals surface area (Å²) >= 11 is 1.35. The van der Waals surface area contributed by atoms with E-state index in [-0.39, 0.29) is 5.78 Å². The standard InChI is InChI=1S/C7H7NOS/c1-3-6(9)7-8-5(2)4-10-7/h3-4H,1H2,2H3. The number of aryl methyl sites for hydroxylation is 1. The molecule has 0 fully saturated rings. The molecule has 0 amide bonds. The van der Waals surface area contributed by atoms with Crippen LogP contribution in [0.1, 0.15) is 15.5 Å². The molecule has 0 unspecified atom stereocenters. The quantitative estimate of drug-likeness (QED) is 0.479. The number of rotatable bonds is 2. The Bertz CT molecular complexity index is 264. The molecule has 0 bridgehead atoms. The topological polar surface area (TPSA) is 30.0 Å². The number of hydrogen-bond acceptors (Lipinski definition) is 3. The molecular formula is C7H7NOS. The Labute approximate surface area is 63.2 Å². The second-order valence-electron chi connectivity index (χ2n) is 1.86. The molecule has 1 aromatic rings. The SMILES string of the molecule is C=CC(=O)c1nc(C)cs1. The smallest absolute Gasteiger partial charge is 0.213 e. The Morgan fingerprint density at radius 2 is 2.60 bits per heavy atom. The molecule has 2 nitrogen and oxygen atoms in total. The van der Waals surface area contributed by atoms with Crippen LogP contribution in [0.25, 0.3) is 0 Å². The van der Waals surface area contributed by atoms with Gasteiger partial charge in [-0.05, 0) is 13.0 Å². The maximum absolute atomic E-state index is 10.9. The summed E-state index contributed by atoms with van der Waals surface area (Å²) in [6, 6.07) is 0. The third-order valence-electron chi connectivity index (χ3n) is 1.02. The van der Waals surface area contributed by atoms with Crippen LogP contribution >= 0.6 is 11.3 Å². The average molecular weight is 153 g/mol. The molecule has 0 saturated carbocycles. The third kappa shape index (κ3) is 1.30. The van der Waals surface area contributed by atoms with Crippen molar-refractivity contribution in [1.29, 1.82) is 0 Å². The predicted octanol–water partition coefficient (Wildman–Crippen LogP) is 1.82. The first-order valence-corrected chi connectivity index (χ1v) is 3.71. The number of carbonyl (C=O) groups is 1. The summed E-state index contributed by atoms with van der Waals surface area (Å²) in [5.41, 5.74) is 0.884. The van der Waals surface area contributed by atoms with Crippen LogP contribution in [-0.4, -0.2) is 10.8 Å². The summed E-state index contributed by atoms with van der Waals surface area (Å²) in [6.07, 6.45) is 1.28. The molecule has 0 saturated heterocycles. The number of thiazole rings is 1. The predicted molar refractivity (Wildman–Crippen MR) is 41.4 cm³/mol. The van der Waals surface area contributed by atoms with Gasteiger partial charge >= 0.3 is 0 Å². The molecule has 0 spiro atoms. The van der Waals surface area contributed by atoms with Gasteiger partial charge in [-0.1, -0.05) is 6.58 Å². The third-order valence-corrected chi connectivity index (χ3v) is 1.99. The highest BCUT2D eigenvalue weighted by Crippen LogP contribution is 2.08. The minimum atomic E-state index is -0.0990. The molecule has 0 aliphatic heterocycles. The normalized spacial score (nSPS) is 9.30. The molecule has 0 atom stereocenters. The zero-order valence-corrected chi connectivity index (χ0v) is 6.44. The minimum Gasteiger partial charge on any atom is -0.287 e. The van der Waals surface area contributed by atoms with Crippen LogP contribution in [-0.2, 0) is 0 Å². The van der Waals surface area contributed by atoms with Crippen molar-refractivity contribution in [2.24, 2.45) is 0 Å². The van der Waals surface area contributed by atoms with Crippen LogP contribution in [0.2, 0.25) is 0 Å². The molecule has 0 N–H and O–H groups in total. The van der Waals surface area contributed by atoms with Crippen LogP contribution in [0.15, 0.2) is 18.0 Å². The van der Waals surface area contributed by atoms with Crippen molar-refractivity contribution in [3.8, 4) is 0 Å². The molecule has 1 aromatic heterocycles. The highest BCUT2D eigenvalue weighted by Gasteiger charge is 2.03. The zero-order chi connectivity index (χ0) is 7.56. The first-order valence-electron chi connectivity index (χ1n) is 2.83.